The van der Waals surface area contributed by atoms with Crippen molar-refractivity contribution in [3.8, 4) is 5.75 Å². The second-order valence-corrected chi connectivity index (χ2v) is 4.58. The molecule has 0 amide bonds. The van der Waals surface area contributed by atoms with Crippen LogP contribution in [0.1, 0.15) is 51.5 Å². The quantitative estimate of drug-likeness (QED) is 0.658. The number of hydrogen-bond donors (Lipinski definition) is 0. The van der Waals surface area contributed by atoms with E-state index in [0.29, 0.717) is 0 Å². The van der Waals surface area contributed by atoms with Gasteiger partial charge >= 0.3 is 0 Å². The van der Waals surface area contributed by atoms with Crippen LogP contribution in [0.2, 0.25) is 0 Å². The minimum absolute atomic E-state index is 0.199. The van der Waals surface area contributed by atoms with Crippen molar-refractivity contribution in [1.82, 2.24) is 0 Å². The molecule has 0 aromatic heterocycles. The molecule has 1 rings (SSSR count). The molecule has 0 radical (unpaired) electrons. The molecule has 0 bridgehead atoms. The SMILES string of the molecule is CCCCC(CCC)Oc1ccc(F)cc1C. The molecule has 1 unspecified atom stereocenters. The largest absolute Gasteiger partial charge is 0.490 e. The van der Waals surface area contributed by atoms with E-state index in [1.165, 1.54) is 25.0 Å². The summed E-state index contributed by atoms with van der Waals surface area (Å²) in [6, 6.07) is 4.72. The summed E-state index contributed by atoms with van der Waals surface area (Å²) in [5, 5.41) is 0. The average molecular weight is 238 g/mol. The molecule has 0 spiro atoms. The first-order chi connectivity index (χ1) is 8.17. The Balaban J connectivity index is 2.64. The standard InChI is InChI=1S/C15H23FO/c1-4-6-8-14(7-5-2)17-15-10-9-13(16)11-12(15)3/h9-11,14H,4-8H2,1-3H3. The maximum atomic E-state index is 13.0. The molecule has 17 heavy (non-hydrogen) atoms. The van der Waals surface area contributed by atoms with Gasteiger partial charge in [0.1, 0.15) is 11.6 Å². The summed E-state index contributed by atoms with van der Waals surface area (Å²) < 4.78 is 19.0. The van der Waals surface area contributed by atoms with Crippen LogP contribution in [0.15, 0.2) is 18.2 Å². The molecule has 0 aliphatic heterocycles. The van der Waals surface area contributed by atoms with E-state index in [-0.39, 0.29) is 11.9 Å². The minimum Gasteiger partial charge on any atom is -0.490 e. The van der Waals surface area contributed by atoms with Crippen LogP contribution in [0.5, 0.6) is 5.75 Å². The van der Waals surface area contributed by atoms with Crippen molar-refractivity contribution in [2.45, 2.75) is 59.0 Å². The van der Waals surface area contributed by atoms with Gasteiger partial charge in [-0.25, -0.2) is 4.39 Å². The monoisotopic (exact) mass is 238 g/mol. The molecule has 96 valence electrons. The van der Waals surface area contributed by atoms with Crippen LogP contribution >= 0.6 is 0 Å². The van der Waals surface area contributed by atoms with Gasteiger partial charge in [0.05, 0.1) is 6.10 Å². The summed E-state index contributed by atoms with van der Waals surface area (Å²) in [6.45, 7) is 6.24. The lowest BCUT2D eigenvalue weighted by Crippen LogP contribution is -2.16. The van der Waals surface area contributed by atoms with Crippen LogP contribution in [0.4, 0.5) is 4.39 Å². The van der Waals surface area contributed by atoms with Crippen molar-refractivity contribution < 1.29 is 9.13 Å². The van der Waals surface area contributed by atoms with E-state index in [2.05, 4.69) is 13.8 Å². The van der Waals surface area contributed by atoms with Crippen LogP contribution in [-0.4, -0.2) is 6.10 Å². The van der Waals surface area contributed by atoms with Crippen LogP contribution in [0.3, 0.4) is 0 Å². The van der Waals surface area contributed by atoms with E-state index in [1.807, 2.05) is 6.92 Å². The summed E-state index contributed by atoms with van der Waals surface area (Å²) >= 11 is 0. The molecule has 1 aromatic carbocycles. The van der Waals surface area contributed by atoms with E-state index in [1.54, 1.807) is 6.07 Å². The van der Waals surface area contributed by atoms with E-state index >= 15 is 0 Å². The fraction of sp³-hybridized carbons (Fsp3) is 0.600. The van der Waals surface area contributed by atoms with Crippen molar-refractivity contribution in [3.05, 3.63) is 29.6 Å². The summed E-state index contributed by atoms with van der Waals surface area (Å²) in [5.74, 6) is 0.622. The Morgan fingerprint density at radius 1 is 1.18 bits per heavy atom. The van der Waals surface area contributed by atoms with Gasteiger partial charge in [0, 0.05) is 0 Å². The zero-order chi connectivity index (χ0) is 12.7. The molecule has 0 aliphatic rings. The fourth-order valence-electron chi connectivity index (χ4n) is 1.94. The molecule has 0 fully saturated rings. The van der Waals surface area contributed by atoms with Crippen molar-refractivity contribution in [3.63, 3.8) is 0 Å². The third-order valence-electron chi connectivity index (χ3n) is 2.92. The Morgan fingerprint density at radius 2 is 1.94 bits per heavy atom. The topological polar surface area (TPSA) is 9.23 Å². The van der Waals surface area contributed by atoms with E-state index in [4.69, 9.17) is 4.74 Å². The van der Waals surface area contributed by atoms with Crippen LogP contribution in [0.25, 0.3) is 0 Å². The van der Waals surface area contributed by atoms with Gasteiger partial charge in [-0.05, 0) is 43.5 Å². The van der Waals surface area contributed by atoms with Crippen LogP contribution in [0, 0.1) is 12.7 Å². The van der Waals surface area contributed by atoms with Crippen LogP contribution < -0.4 is 4.74 Å². The number of aryl methyl sites for hydroxylation is 1. The molecule has 1 atom stereocenters. The molecule has 1 nitrogen and oxygen atoms in total. The molecule has 0 heterocycles. The molecular formula is C15H23FO. The Bertz CT molecular complexity index is 336. The number of unbranched alkanes of at least 4 members (excludes halogenated alkanes) is 1. The summed E-state index contributed by atoms with van der Waals surface area (Å²) in [5.41, 5.74) is 0.877. The zero-order valence-electron chi connectivity index (χ0n) is 11.1. The number of ether oxygens (including phenoxy) is 1. The Morgan fingerprint density at radius 3 is 2.53 bits per heavy atom. The first kappa shape index (κ1) is 14.0. The number of hydrogen-bond acceptors (Lipinski definition) is 1. The maximum absolute atomic E-state index is 13.0. The number of rotatable bonds is 7. The van der Waals surface area contributed by atoms with Crippen LogP contribution in [-0.2, 0) is 0 Å². The predicted octanol–water partition coefficient (Wildman–Crippen LogP) is 4.87. The van der Waals surface area contributed by atoms with Crippen molar-refractivity contribution in [1.29, 1.82) is 0 Å². The number of halogens is 1. The number of benzene rings is 1. The van der Waals surface area contributed by atoms with E-state index in [0.717, 1.165) is 30.6 Å². The molecule has 0 saturated carbocycles. The second-order valence-electron chi connectivity index (χ2n) is 4.58. The average Bonchev–Trinajstić information content (AvgIpc) is 2.29. The lowest BCUT2D eigenvalue weighted by atomic mass is 10.1. The highest BCUT2D eigenvalue weighted by Gasteiger charge is 2.10. The lowest BCUT2D eigenvalue weighted by Gasteiger charge is -2.19. The summed E-state index contributed by atoms with van der Waals surface area (Å²) in [4.78, 5) is 0. The third-order valence-corrected chi connectivity index (χ3v) is 2.92. The van der Waals surface area contributed by atoms with E-state index < -0.39 is 0 Å². The molecule has 0 aliphatic carbocycles. The lowest BCUT2D eigenvalue weighted by molar-refractivity contribution is 0.175. The second kappa shape index (κ2) is 7.31. The van der Waals surface area contributed by atoms with Gasteiger partial charge in [-0.15, -0.1) is 0 Å². The maximum Gasteiger partial charge on any atom is 0.123 e. The third kappa shape index (κ3) is 4.76. The van der Waals surface area contributed by atoms with Crippen molar-refractivity contribution in [2.75, 3.05) is 0 Å². The normalized spacial score (nSPS) is 12.5. The highest BCUT2D eigenvalue weighted by molar-refractivity contribution is 5.32. The van der Waals surface area contributed by atoms with Gasteiger partial charge in [-0.3, -0.25) is 0 Å². The Kier molecular flexibility index (Phi) is 6.03. The smallest absolute Gasteiger partial charge is 0.123 e. The van der Waals surface area contributed by atoms with Gasteiger partial charge in [0.2, 0.25) is 0 Å². The molecular weight excluding hydrogens is 215 g/mol. The Labute approximate surface area is 104 Å². The fourth-order valence-corrected chi connectivity index (χ4v) is 1.94. The van der Waals surface area contributed by atoms with Gasteiger partial charge in [0.25, 0.3) is 0 Å². The van der Waals surface area contributed by atoms with Gasteiger partial charge < -0.3 is 4.74 Å². The van der Waals surface area contributed by atoms with E-state index in [9.17, 15) is 4.39 Å². The molecule has 1 aromatic rings. The molecule has 2 heteroatoms. The summed E-state index contributed by atoms with van der Waals surface area (Å²) in [6.07, 6.45) is 5.91. The summed E-state index contributed by atoms with van der Waals surface area (Å²) in [7, 11) is 0. The first-order valence-electron chi connectivity index (χ1n) is 6.60. The van der Waals surface area contributed by atoms with Gasteiger partial charge in [-0.1, -0.05) is 33.1 Å². The zero-order valence-corrected chi connectivity index (χ0v) is 11.1. The van der Waals surface area contributed by atoms with Crippen molar-refractivity contribution >= 4 is 0 Å². The van der Waals surface area contributed by atoms with Gasteiger partial charge in [0.15, 0.2) is 0 Å². The molecule has 0 saturated heterocycles. The highest BCUT2D eigenvalue weighted by atomic mass is 19.1. The highest BCUT2D eigenvalue weighted by Crippen LogP contribution is 2.22. The van der Waals surface area contributed by atoms with Crippen molar-refractivity contribution in [2.24, 2.45) is 0 Å². The Hall–Kier alpha value is -1.05. The van der Waals surface area contributed by atoms with Gasteiger partial charge in [-0.2, -0.15) is 0 Å². The first-order valence-corrected chi connectivity index (χ1v) is 6.60. The predicted molar refractivity (Wildman–Crippen MR) is 70.0 cm³/mol. The minimum atomic E-state index is -0.199. The molecule has 0 N–H and O–H groups in total.